The molecule has 2 rings (SSSR count). The minimum absolute atomic E-state index is 0.0261. The van der Waals surface area contributed by atoms with Crippen LogP contribution < -0.4 is 5.32 Å². The zero-order valence-electron chi connectivity index (χ0n) is 15.4. The van der Waals surface area contributed by atoms with Gasteiger partial charge in [0.15, 0.2) is 5.78 Å². The normalized spacial score (nSPS) is 10.4. The van der Waals surface area contributed by atoms with Crippen LogP contribution in [0.25, 0.3) is 0 Å². The van der Waals surface area contributed by atoms with Crippen LogP contribution in [0.2, 0.25) is 0 Å². The molecule has 5 heteroatoms. The topological polar surface area (TPSA) is 58.6 Å². The lowest BCUT2D eigenvalue weighted by molar-refractivity contribution is 0.101. The van der Waals surface area contributed by atoms with Gasteiger partial charge in [-0.2, -0.15) is 0 Å². The molecule has 0 atom stereocenters. The number of carbonyl (C=O) groups excluding carboxylic acids is 2. The highest BCUT2D eigenvalue weighted by Gasteiger charge is 2.14. The van der Waals surface area contributed by atoms with Crippen LogP contribution >= 0.6 is 0 Å². The van der Waals surface area contributed by atoms with E-state index in [1.165, 1.54) is 6.92 Å². The number of nitrogens with one attached hydrogen (secondary N) is 1. The van der Waals surface area contributed by atoms with Crippen molar-refractivity contribution >= 4 is 17.5 Å². The van der Waals surface area contributed by atoms with Crippen molar-refractivity contribution in [2.24, 2.45) is 0 Å². The fraction of sp³-hybridized carbons (Fsp3) is 0.333. The van der Waals surface area contributed by atoms with E-state index in [1.807, 2.05) is 30.3 Å². The van der Waals surface area contributed by atoms with E-state index in [0.717, 1.165) is 18.4 Å². The molecule has 0 aliphatic carbocycles. The van der Waals surface area contributed by atoms with Gasteiger partial charge in [-0.05, 0) is 37.5 Å². The van der Waals surface area contributed by atoms with E-state index in [-0.39, 0.29) is 11.8 Å². The number of urea groups is 1. The molecule has 0 spiro atoms. The molecule has 26 heavy (non-hydrogen) atoms. The van der Waals surface area contributed by atoms with Crippen LogP contribution in [-0.4, -0.2) is 37.0 Å². The van der Waals surface area contributed by atoms with Crippen LogP contribution in [0.15, 0.2) is 54.6 Å². The number of unbranched alkanes of at least 4 members (excludes halogenated alkanes) is 1. The zero-order chi connectivity index (χ0) is 18.8. The van der Waals surface area contributed by atoms with E-state index in [1.54, 1.807) is 36.3 Å². The standard InChI is InChI=1S/C21H26N2O3/c1-17(24)19-11-8-12-20(15-19)22-21(25)23(13-6-7-14-26-2)16-18-9-4-3-5-10-18/h3-5,8-12,15H,6-7,13-14,16H2,1-2H3,(H,22,25). The van der Waals surface area contributed by atoms with Crippen molar-refractivity contribution in [1.82, 2.24) is 4.90 Å². The second-order valence-electron chi connectivity index (χ2n) is 6.17. The van der Waals surface area contributed by atoms with Gasteiger partial charge >= 0.3 is 6.03 Å². The Balaban J connectivity index is 2.05. The van der Waals surface area contributed by atoms with Gasteiger partial charge in [0.2, 0.25) is 0 Å². The first-order chi connectivity index (χ1) is 12.6. The Morgan fingerprint density at radius 2 is 1.81 bits per heavy atom. The van der Waals surface area contributed by atoms with Gasteiger partial charge in [0.25, 0.3) is 0 Å². The number of amides is 2. The maximum atomic E-state index is 12.8. The molecule has 0 radical (unpaired) electrons. The number of ether oxygens (including phenoxy) is 1. The number of Topliss-reactive ketones (excluding diaryl/α,β-unsaturated/α-hetero) is 1. The quantitative estimate of drug-likeness (QED) is 0.538. The molecule has 138 valence electrons. The van der Waals surface area contributed by atoms with Gasteiger partial charge in [-0.15, -0.1) is 0 Å². The number of hydrogen-bond donors (Lipinski definition) is 1. The van der Waals surface area contributed by atoms with Crippen molar-refractivity contribution in [1.29, 1.82) is 0 Å². The molecule has 0 fully saturated rings. The minimum Gasteiger partial charge on any atom is -0.385 e. The highest BCUT2D eigenvalue weighted by Crippen LogP contribution is 2.14. The van der Waals surface area contributed by atoms with E-state index in [0.29, 0.717) is 30.9 Å². The van der Waals surface area contributed by atoms with E-state index in [2.05, 4.69) is 5.32 Å². The zero-order valence-corrected chi connectivity index (χ0v) is 15.4. The average Bonchev–Trinajstić information content (AvgIpc) is 2.65. The summed E-state index contributed by atoms with van der Waals surface area (Å²) in [5.74, 6) is -0.0261. The molecule has 1 N–H and O–H groups in total. The Kier molecular flexibility index (Phi) is 7.83. The van der Waals surface area contributed by atoms with Crippen molar-refractivity contribution < 1.29 is 14.3 Å². The summed E-state index contributed by atoms with van der Waals surface area (Å²) in [5, 5.41) is 2.90. The van der Waals surface area contributed by atoms with Gasteiger partial charge in [-0.1, -0.05) is 42.5 Å². The summed E-state index contributed by atoms with van der Waals surface area (Å²) in [6.45, 7) is 3.36. The summed E-state index contributed by atoms with van der Waals surface area (Å²) in [6, 6.07) is 16.7. The third kappa shape index (κ3) is 6.33. The van der Waals surface area contributed by atoms with Gasteiger partial charge in [-0.25, -0.2) is 4.79 Å². The third-order valence-electron chi connectivity index (χ3n) is 4.05. The first-order valence-corrected chi connectivity index (χ1v) is 8.80. The van der Waals surface area contributed by atoms with Crippen LogP contribution in [-0.2, 0) is 11.3 Å². The van der Waals surface area contributed by atoms with Crippen molar-refractivity contribution in [2.75, 3.05) is 25.6 Å². The average molecular weight is 354 g/mol. The van der Waals surface area contributed by atoms with Gasteiger partial charge in [0.1, 0.15) is 0 Å². The van der Waals surface area contributed by atoms with Crippen molar-refractivity contribution in [3.63, 3.8) is 0 Å². The monoisotopic (exact) mass is 354 g/mol. The largest absolute Gasteiger partial charge is 0.385 e. The number of hydrogen-bond acceptors (Lipinski definition) is 3. The predicted molar refractivity (Wildman–Crippen MR) is 103 cm³/mol. The molecule has 0 aliphatic heterocycles. The molecule has 2 aromatic carbocycles. The molecule has 0 bridgehead atoms. The van der Waals surface area contributed by atoms with Crippen molar-refractivity contribution in [2.45, 2.75) is 26.3 Å². The number of rotatable bonds is 9. The van der Waals surface area contributed by atoms with Crippen LogP contribution in [0.1, 0.15) is 35.7 Å². The molecule has 0 heterocycles. The summed E-state index contributed by atoms with van der Waals surface area (Å²) < 4.78 is 5.08. The van der Waals surface area contributed by atoms with E-state index >= 15 is 0 Å². The van der Waals surface area contributed by atoms with Crippen LogP contribution in [0.3, 0.4) is 0 Å². The number of ketones is 1. The number of anilines is 1. The lowest BCUT2D eigenvalue weighted by Gasteiger charge is -2.23. The van der Waals surface area contributed by atoms with Gasteiger partial charge < -0.3 is 15.0 Å². The number of benzene rings is 2. The summed E-state index contributed by atoms with van der Waals surface area (Å²) in [6.07, 6.45) is 1.76. The fourth-order valence-electron chi connectivity index (χ4n) is 2.62. The molecular weight excluding hydrogens is 328 g/mol. The maximum absolute atomic E-state index is 12.8. The van der Waals surface area contributed by atoms with Crippen LogP contribution in [0.4, 0.5) is 10.5 Å². The smallest absolute Gasteiger partial charge is 0.322 e. The second kappa shape index (κ2) is 10.4. The molecule has 5 nitrogen and oxygen atoms in total. The minimum atomic E-state index is -0.174. The summed E-state index contributed by atoms with van der Waals surface area (Å²) in [4.78, 5) is 26.1. The highest BCUT2D eigenvalue weighted by molar-refractivity contribution is 5.96. The summed E-state index contributed by atoms with van der Waals surface area (Å²) in [5.41, 5.74) is 2.28. The Morgan fingerprint density at radius 3 is 2.50 bits per heavy atom. The van der Waals surface area contributed by atoms with Crippen molar-refractivity contribution in [3.05, 3.63) is 65.7 Å². The molecular formula is C21H26N2O3. The molecule has 0 aliphatic rings. The molecule has 2 aromatic rings. The number of methoxy groups -OCH3 is 1. The lowest BCUT2D eigenvalue weighted by atomic mass is 10.1. The summed E-state index contributed by atoms with van der Waals surface area (Å²) >= 11 is 0. The molecule has 0 aromatic heterocycles. The Hall–Kier alpha value is -2.66. The Morgan fingerprint density at radius 1 is 1.04 bits per heavy atom. The Bertz CT molecular complexity index is 716. The van der Waals surface area contributed by atoms with E-state index in [4.69, 9.17) is 4.74 Å². The number of nitrogens with zero attached hydrogens (tertiary/aromatic N) is 1. The molecule has 0 unspecified atom stereocenters. The van der Waals surface area contributed by atoms with Crippen molar-refractivity contribution in [3.8, 4) is 0 Å². The SMILES string of the molecule is COCCCCN(Cc1ccccc1)C(=O)Nc1cccc(C(C)=O)c1. The maximum Gasteiger partial charge on any atom is 0.322 e. The predicted octanol–water partition coefficient (Wildman–Crippen LogP) is 4.35. The Labute approximate surface area is 155 Å². The first kappa shape index (κ1) is 19.7. The van der Waals surface area contributed by atoms with E-state index in [9.17, 15) is 9.59 Å². The van der Waals surface area contributed by atoms with Gasteiger partial charge in [-0.3, -0.25) is 4.79 Å². The van der Waals surface area contributed by atoms with Crippen LogP contribution in [0, 0.1) is 0 Å². The third-order valence-corrected chi connectivity index (χ3v) is 4.05. The first-order valence-electron chi connectivity index (χ1n) is 8.80. The fourth-order valence-corrected chi connectivity index (χ4v) is 2.62. The molecule has 2 amide bonds. The lowest BCUT2D eigenvalue weighted by Crippen LogP contribution is -2.35. The van der Waals surface area contributed by atoms with Crippen LogP contribution in [0.5, 0.6) is 0 Å². The number of carbonyl (C=O) groups is 2. The second-order valence-corrected chi connectivity index (χ2v) is 6.17. The molecule has 0 saturated heterocycles. The van der Waals surface area contributed by atoms with Gasteiger partial charge in [0.05, 0.1) is 0 Å². The molecule has 0 saturated carbocycles. The highest BCUT2D eigenvalue weighted by atomic mass is 16.5. The summed E-state index contributed by atoms with van der Waals surface area (Å²) in [7, 11) is 1.68. The van der Waals surface area contributed by atoms with E-state index < -0.39 is 0 Å². The van der Waals surface area contributed by atoms with Gasteiger partial charge in [0, 0.05) is 38.1 Å².